The smallest absolute Gasteiger partial charge is 0.165 e. The van der Waals surface area contributed by atoms with Crippen molar-refractivity contribution in [3.63, 3.8) is 0 Å². The molecule has 4 rings (SSSR count). The molecule has 0 amide bonds. The highest BCUT2D eigenvalue weighted by molar-refractivity contribution is 5.82. The molecule has 7 heteroatoms. The maximum Gasteiger partial charge on any atom is 0.165 e. The molecule has 4 aromatic rings. The number of fused-ring (bicyclic) bond motifs is 1. The fourth-order valence-corrected chi connectivity index (χ4v) is 3.12. The molecule has 0 saturated carbocycles. The SMILES string of the molecule is COc1ccc(-c2cnn3c(NCCc4cccnc4)ccnc23)c(OC)c1. The summed E-state index contributed by atoms with van der Waals surface area (Å²) >= 11 is 0. The predicted octanol–water partition coefficient (Wildman–Crippen LogP) is 3.46. The maximum absolute atomic E-state index is 5.54. The minimum atomic E-state index is 0.714. The van der Waals surface area contributed by atoms with Crippen LogP contribution in [0.25, 0.3) is 16.8 Å². The summed E-state index contributed by atoms with van der Waals surface area (Å²) in [6.45, 7) is 0.770. The van der Waals surface area contributed by atoms with E-state index in [1.807, 2.05) is 41.0 Å². The maximum atomic E-state index is 5.54. The minimum Gasteiger partial charge on any atom is -0.497 e. The number of benzene rings is 1. The molecule has 0 bridgehead atoms. The monoisotopic (exact) mass is 375 g/mol. The number of pyridine rings is 1. The van der Waals surface area contributed by atoms with Crippen LogP contribution in [-0.4, -0.2) is 40.3 Å². The predicted molar refractivity (Wildman–Crippen MR) is 108 cm³/mol. The number of ether oxygens (including phenoxy) is 2. The van der Waals surface area contributed by atoms with Gasteiger partial charge in [-0.1, -0.05) is 6.07 Å². The normalized spacial score (nSPS) is 10.8. The third kappa shape index (κ3) is 3.46. The average Bonchev–Trinajstić information content (AvgIpc) is 3.19. The van der Waals surface area contributed by atoms with Gasteiger partial charge in [0.25, 0.3) is 0 Å². The van der Waals surface area contributed by atoms with Gasteiger partial charge >= 0.3 is 0 Å². The van der Waals surface area contributed by atoms with Crippen molar-refractivity contribution in [1.29, 1.82) is 0 Å². The highest BCUT2D eigenvalue weighted by Gasteiger charge is 2.15. The number of hydrogen-bond acceptors (Lipinski definition) is 6. The number of nitrogens with one attached hydrogen (secondary N) is 1. The molecule has 7 nitrogen and oxygen atoms in total. The molecular formula is C21H21N5O2. The van der Waals surface area contributed by atoms with Crippen molar-refractivity contribution >= 4 is 11.5 Å². The molecule has 0 aliphatic rings. The molecule has 1 N–H and O–H groups in total. The lowest BCUT2D eigenvalue weighted by Gasteiger charge is -2.10. The standard InChI is InChI=1S/C21H21N5O2/c1-27-16-5-6-17(19(12-16)28-2)18-14-25-26-20(8-11-24-21(18)26)23-10-7-15-4-3-9-22-13-15/h3-6,8-9,11-14,23H,7,10H2,1-2H3. The second-order valence-corrected chi connectivity index (χ2v) is 6.23. The lowest BCUT2D eigenvalue weighted by molar-refractivity contribution is 0.395. The van der Waals surface area contributed by atoms with Crippen LogP contribution in [0, 0.1) is 0 Å². The van der Waals surface area contributed by atoms with E-state index in [0.29, 0.717) is 5.75 Å². The zero-order valence-corrected chi connectivity index (χ0v) is 15.8. The molecule has 1 aromatic carbocycles. The Morgan fingerprint density at radius 1 is 1.00 bits per heavy atom. The number of nitrogens with zero attached hydrogens (tertiary/aromatic N) is 4. The van der Waals surface area contributed by atoms with Gasteiger partial charge in [-0.3, -0.25) is 4.98 Å². The summed E-state index contributed by atoms with van der Waals surface area (Å²) in [7, 11) is 3.28. The second-order valence-electron chi connectivity index (χ2n) is 6.23. The molecule has 3 heterocycles. The first-order valence-electron chi connectivity index (χ1n) is 8.98. The molecule has 142 valence electrons. The van der Waals surface area contributed by atoms with Gasteiger partial charge in [0.15, 0.2) is 5.65 Å². The zero-order valence-electron chi connectivity index (χ0n) is 15.8. The van der Waals surface area contributed by atoms with Crippen molar-refractivity contribution in [2.75, 3.05) is 26.1 Å². The van der Waals surface area contributed by atoms with Crippen LogP contribution in [0.3, 0.4) is 0 Å². The summed E-state index contributed by atoms with van der Waals surface area (Å²) in [6.07, 6.45) is 8.12. The summed E-state index contributed by atoms with van der Waals surface area (Å²) < 4.78 is 12.6. The van der Waals surface area contributed by atoms with Gasteiger partial charge in [-0.15, -0.1) is 0 Å². The Kier molecular flexibility index (Phi) is 5.05. The second kappa shape index (κ2) is 7.96. The fraction of sp³-hybridized carbons (Fsp3) is 0.190. The van der Waals surface area contributed by atoms with E-state index in [0.717, 1.165) is 41.3 Å². The van der Waals surface area contributed by atoms with E-state index in [9.17, 15) is 0 Å². The van der Waals surface area contributed by atoms with Gasteiger partial charge < -0.3 is 14.8 Å². The Hall–Kier alpha value is -3.61. The molecule has 0 spiro atoms. The number of anilines is 1. The lowest BCUT2D eigenvalue weighted by Crippen LogP contribution is -2.09. The Morgan fingerprint density at radius 2 is 1.93 bits per heavy atom. The lowest BCUT2D eigenvalue weighted by atomic mass is 10.1. The highest BCUT2D eigenvalue weighted by atomic mass is 16.5. The van der Waals surface area contributed by atoms with Crippen LogP contribution in [0.2, 0.25) is 0 Å². The Bertz CT molecular complexity index is 1080. The molecule has 0 aliphatic carbocycles. The number of hydrogen-bond donors (Lipinski definition) is 1. The van der Waals surface area contributed by atoms with Crippen LogP contribution in [0.5, 0.6) is 11.5 Å². The van der Waals surface area contributed by atoms with Crippen LogP contribution < -0.4 is 14.8 Å². The van der Waals surface area contributed by atoms with Crippen molar-refractivity contribution in [3.8, 4) is 22.6 Å². The van der Waals surface area contributed by atoms with Crippen molar-refractivity contribution in [2.24, 2.45) is 0 Å². The van der Waals surface area contributed by atoms with Crippen LogP contribution in [0.4, 0.5) is 5.82 Å². The molecule has 0 atom stereocenters. The largest absolute Gasteiger partial charge is 0.497 e. The van der Waals surface area contributed by atoms with Crippen molar-refractivity contribution in [3.05, 3.63) is 66.7 Å². The third-order valence-corrected chi connectivity index (χ3v) is 4.54. The van der Waals surface area contributed by atoms with Gasteiger partial charge in [-0.05, 0) is 36.2 Å². The highest BCUT2D eigenvalue weighted by Crippen LogP contribution is 2.35. The first kappa shape index (κ1) is 17.8. The first-order valence-corrected chi connectivity index (χ1v) is 8.98. The van der Waals surface area contributed by atoms with Crippen LogP contribution in [0.15, 0.2) is 61.2 Å². The Balaban J connectivity index is 1.62. The van der Waals surface area contributed by atoms with Crippen molar-refractivity contribution in [2.45, 2.75) is 6.42 Å². The summed E-state index contributed by atoms with van der Waals surface area (Å²) in [6, 6.07) is 11.6. The molecule has 0 aliphatic heterocycles. The molecule has 0 fully saturated rings. The van der Waals surface area contributed by atoms with Gasteiger partial charge in [0.2, 0.25) is 0 Å². The van der Waals surface area contributed by atoms with E-state index in [1.54, 1.807) is 32.8 Å². The van der Waals surface area contributed by atoms with Crippen LogP contribution >= 0.6 is 0 Å². The summed E-state index contributed by atoms with van der Waals surface area (Å²) in [5, 5.41) is 7.96. The van der Waals surface area contributed by atoms with E-state index < -0.39 is 0 Å². The van der Waals surface area contributed by atoms with E-state index in [4.69, 9.17) is 9.47 Å². The molecule has 0 radical (unpaired) electrons. The quantitative estimate of drug-likeness (QED) is 0.533. The summed E-state index contributed by atoms with van der Waals surface area (Å²) in [4.78, 5) is 8.68. The molecule has 0 saturated heterocycles. The van der Waals surface area contributed by atoms with Crippen molar-refractivity contribution in [1.82, 2.24) is 19.6 Å². The number of aromatic nitrogens is 4. The van der Waals surface area contributed by atoms with E-state index in [2.05, 4.69) is 26.4 Å². The fourth-order valence-electron chi connectivity index (χ4n) is 3.12. The Morgan fingerprint density at radius 3 is 2.71 bits per heavy atom. The van der Waals surface area contributed by atoms with Gasteiger partial charge in [-0.25, -0.2) is 4.98 Å². The first-order chi connectivity index (χ1) is 13.8. The molecule has 28 heavy (non-hydrogen) atoms. The average molecular weight is 375 g/mol. The summed E-state index contributed by atoms with van der Waals surface area (Å²) in [5.41, 5.74) is 3.76. The molecule has 3 aromatic heterocycles. The number of rotatable bonds is 7. The number of methoxy groups -OCH3 is 2. The van der Waals surface area contributed by atoms with E-state index in [1.165, 1.54) is 5.56 Å². The van der Waals surface area contributed by atoms with Crippen molar-refractivity contribution < 1.29 is 9.47 Å². The van der Waals surface area contributed by atoms with Gasteiger partial charge in [0.05, 0.1) is 26.0 Å². The van der Waals surface area contributed by atoms with E-state index in [-0.39, 0.29) is 0 Å². The summed E-state index contributed by atoms with van der Waals surface area (Å²) in [5.74, 6) is 2.33. The topological polar surface area (TPSA) is 73.6 Å². The Labute approximate surface area is 163 Å². The van der Waals surface area contributed by atoms with Crippen LogP contribution in [-0.2, 0) is 6.42 Å². The molecule has 0 unspecified atom stereocenters. The van der Waals surface area contributed by atoms with Crippen LogP contribution in [0.1, 0.15) is 5.56 Å². The van der Waals surface area contributed by atoms with Gasteiger partial charge in [0.1, 0.15) is 17.3 Å². The van der Waals surface area contributed by atoms with Gasteiger partial charge in [-0.2, -0.15) is 9.61 Å². The molecular weight excluding hydrogens is 354 g/mol. The zero-order chi connectivity index (χ0) is 19.3. The minimum absolute atomic E-state index is 0.714. The van der Waals surface area contributed by atoms with E-state index >= 15 is 0 Å². The van der Waals surface area contributed by atoms with Gasteiger partial charge in [0, 0.05) is 36.8 Å². The third-order valence-electron chi connectivity index (χ3n) is 4.54.